The van der Waals surface area contributed by atoms with Crippen LogP contribution in [-0.2, 0) is 5.60 Å². The molecule has 0 aromatic heterocycles. The molecule has 192 valence electrons. The fourth-order valence-electron chi connectivity index (χ4n) is 2.45. The van der Waals surface area contributed by atoms with Crippen molar-refractivity contribution in [2.24, 2.45) is 0 Å². The van der Waals surface area contributed by atoms with Crippen molar-refractivity contribution in [3.8, 4) is 0 Å². The summed E-state index contributed by atoms with van der Waals surface area (Å²) in [6.45, 7) is 0.201. The van der Waals surface area contributed by atoms with E-state index in [2.05, 4.69) is 0 Å². The van der Waals surface area contributed by atoms with Gasteiger partial charge in [-0.1, -0.05) is 12.1 Å². The quantitative estimate of drug-likeness (QED) is 0.373. The van der Waals surface area contributed by atoms with Crippen molar-refractivity contribution < 1.29 is 75.4 Å². The second-order valence-electron chi connectivity index (χ2n) is 7.03. The molecule has 0 aliphatic carbocycles. The molecule has 1 N–H and O–H groups in total. The molecular weight excluding hydrogens is 512 g/mol. The van der Waals surface area contributed by atoms with Crippen LogP contribution in [0.5, 0.6) is 0 Å². The Balaban J connectivity index is 3.52. The lowest BCUT2D eigenvalue weighted by Crippen LogP contribution is -2.72. The van der Waals surface area contributed by atoms with E-state index < -0.39 is 65.1 Å². The number of halogens is 16. The predicted molar refractivity (Wildman–Crippen MR) is 76.3 cm³/mol. The molecule has 33 heavy (non-hydrogen) atoms. The van der Waals surface area contributed by atoms with E-state index in [4.69, 9.17) is 0 Å². The number of benzene rings is 1. The van der Waals surface area contributed by atoms with Gasteiger partial charge in [0.25, 0.3) is 0 Å². The van der Waals surface area contributed by atoms with E-state index >= 15 is 0 Å². The van der Waals surface area contributed by atoms with Gasteiger partial charge in [-0.05, 0) is 24.6 Å². The third-order valence-corrected chi connectivity index (χ3v) is 4.43. The van der Waals surface area contributed by atoms with Crippen molar-refractivity contribution in [3.63, 3.8) is 0 Å². The largest absolute Gasteiger partial charge is 0.460 e. The second kappa shape index (κ2) is 7.80. The first-order valence-corrected chi connectivity index (χ1v) is 8.03. The molecule has 1 unspecified atom stereocenters. The lowest BCUT2D eigenvalue weighted by Gasteiger charge is -2.42. The topological polar surface area (TPSA) is 20.2 Å². The first-order valence-electron chi connectivity index (χ1n) is 8.03. The molecule has 1 aromatic carbocycles. The van der Waals surface area contributed by atoms with E-state index in [0.717, 1.165) is 0 Å². The van der Waals surface area contributed by atoms with E-state index in [1.165, 1.54) is 0 Å². The minimum absolute atomic E-state index is 0.201. The van der Waals surface area contributed by atoms with Crippen LogP contribution in [-0.4, -0.2) is 46.8 Å². The predicted octanol–water partition coefficient (Wildman–Crippen LogP) is 6.80. The Morgan fingerprint density at radius 3 is 1.27 bits per heavy atom. The maximum Gasteiger partial charge on any atom is 0.460 e. The highest BCUT2D eigenvalue weighted by atomic mass is 19.4. The van der Waals surface area contributed by atoms with E-state index in [1.54, 1.807) is 0 Å². The van der Waals surface area contributed by atoms with Gasteiger partial charge in [0, 0.05) is 0 Å². The smallest absolute Gasteiger partial charge is 0.385 e. The molecule has 1 atom stereocenters. The highest BCUT2D eigenvalue weighted by Gasteiger charge is 2.93. The van der Waals surface area contributed by atoms with Gasteiger partial charge in [-0.2, -0.15) is 65.9 Å². The van der Waals surface area contributed by atoms with Crippen LogP contribution >= 0.6 is 0 Å². The summed E-state index contributed by atoms with van der Waals surface area (Å²) in [7, 11) is 0. The lowest BCUT2D eigenvalue weighted by molar-refractivity contribution is -0.453. The Morgan fingerprint density at radius 1 is 0.576 bits per heavy atom. The summed E-state index contributed by atoms with van der Waals surface area (Å²) in [6.07, 6.45) is -10.6. The highest BCUT2D eigenvalue weighted by Crippen LogP contribution is 2.63. The van der Waals surface area contributed by atoms with Gasteiger partial charge in [-0.25, -0.2) is 4.39 Å². The molecule has 0 bridgehead atoms. The molecule has 0 amide bonds. The Kier molecular flexibility index (Phi) is 6.87. The molecule has 1 nitrogen and oxygen atoms in total. The number of hydrogen-bond donors (Lipinski definition) is 1. The number of alkyl halides is 15. The molecule has 0 heterocycles. The van der Waals surface area contributed by atoms with Crippen LogP contribution in [0.25, 0.3) is 0 Å². The van der Waals surface area contributed by atoms with E-state index in [0.29, 0.717) is 24.3 Å². The van der Waals surface area contributed by atoms with Crippen molar-refractivity contribution in [1.29, 1.82) is 0 Å². The van der Waals surface area contributed by atoms with Crippen LogP contribution in [0.2, 0.25) is 0 Å². The van der Waals surface area contributed by atoms with E-state index in [1.807, 2.05) is 0 Å². The molecule has 0 spiro atoms. The summed E-state index contributed by atoms with van der Waals surface area (Å²) in [5.41, 5.74) is -4.27. The third-order valence-electron chi connectivity index (χ3n) is 4.43. The van der Waals surface area contributed by atoms with Gasteiger partial charge in [0.05, 0.1) is 12.0 Å². The molecule has 0 aliphatic rings. The normalized spacial score (nSPS) is 17.2. The molecule has 1 rings (SSSR count). The summed E-state index contributed by atoms with van der Waals surface area (Å²) in [5, 5.41) is 9.85. The van der Waals surface area contributed by atoms with Crippen LogP contribution < -0.4 is 0 Å². The summed E-state index contributed by atoms with van der Waals surface area (Å²) < 4.78 is 210. The van der Waals surface area contributed by atoms with Crippen molar-refractivity contribution in [1.82, 2.24) is 0 Å². The van der Waals surface area contributed by atoms with Gasteiger partial charge in [0.15, 0.2) is 0 Å². The molecule has 1 aromatic rings. The lowest BCUT2D eigenvalue weighted by atomic mass is 9.84. The van der Waals surface area contributed by atoms with Crippen LogP contribution in [0.3, 0.4) is 0 Å². The van der Waals surface area contributed by atoms with E-state index in [9.17, 15) is 75.4 Å². The van der Waals surface area contributed by atoms with Crippen molar-refractivity contribution in [2.45, 2.75) is 60.7 Å². The summed E-state index contributed by atoms with van der Waals surface area (Å²) in [5.74, 6) is -48.4. The fourth-order valence-corrected chi connectivity index (χ4v) is 2.45. The van der Waals surface area contributed by atoms with Gasteiger partial charge in [-0.3, -0.25) is 0 Å². The first kappa shape index (κ1) is 29.1. The summed E-state index contributed by atoms with van der Waals surface area (Å²) >= 11 is 0. The Hall–Kier alpha value is -1.94. The Labute approximate surface area is 173 Å². The van der Waals surface area contributed by atoms with Crippen molar-refractivity contribution in [3.05, 3.63) is 35.6 Å². The average Bonchev–Trinajstić information content (AvgIpc) is 2.59. The van der Waals surface area contributed by atoms with Gasteiger partial charge in [0.1, 0.15) is 5.82 Å². The standard InChI is InChI=1S/C16H10F16O/c1-9(33,7-2-4-8(17)5-3-7)6-10(18,19)11(20,21)12(22,23)13(24,25)14(26,27)15(28,29)16(30,31)32/h2-5,33H,6H2,1H3. The highest BCUT2D eigenvalue weighted by molar-refractivity contribution is 5.24. The molecule has 0 radical (unpaired) electrons. The molecule has 0 saturated heterocycles. The van der Waals surface area contributed by atoms with Crippen LogP contribution in [0.15, 0.2) is 24.3 Å². The van der Waals surface area contributed by atoms with Gasteiger partial charge < -0.3 is 5.11 Å². The molecular formula is C16H10F16O. The maximum absolute atomic E-state index is 14.0. The zero-order chi connectivity index (χ0) is 26.7. The molecule has 0 aliphatic heterocycles. The monoisotopic (exact) mass is 522 g/mol. The number of rotatable bonds is 8. The van der Waals surface area contributed by atoms with Crippen molar-refractivity contribution in [2.75, 3.05) is 0 Å². The summed E-state index contributed by atoms with van der Waals surface area (Å²) in [6, 6.07) is 1.80. The maximum atomic E-state index is 14.0. The zero-order valence-electron chi connectivity index (χ0n) is 15.5. The number of aliphatic hydroxyl groups is 1. The Bertz CT molecular complexity index is 837. The van der Waals surface area contributed by atoms with Gasteiger partial charge >= 0.3 is 41.7 Å². The van der Waals surface area contributed by atoms with E-state index in [-0.39, 0.29) is 6.92 Å². The van der Waals surface area contributed by atoms with Crippen LogP contribution in [0, 0.1) is 5.82 Å². The minimum Gasteiger partial charge on any atom is -0.385 e. The molecule has 0 fully saturated rings. The van der Waals surface area contributed by atoms with Gasteiger partial charge in [0.2, 0.25) is 0 Å². The number of hydrogen-bond acceptors (Lipinski definition) is 1. The Morgan fingerprint density at radius 2 is 0.909 bits per heavy atom. The SMILES string of the molecule is CC(O)(CC(F)(F)C(F)(F)C(F)(F)C(F)(F)C(F)(F)C(F)(F)C(F)(F)F)c1ccc(F)cc1. The summed E-state index contributed by atoms with van der Waals surface area (Å²) in [4.78, 5) is 0. The molecule has 17 heteroatoms. The van der Waals surface area contributed by atoms with Crippen molar-refractivity contribution >= 4 is 0 Å². The zero-order valence-corrected chi connectivity index (χ0v) is 15.5. The second-order valence-corrected chi connectivity index (χ2v) is 7.03. The minimum atomic E-state index is -8.40. The average molecular weight is 522 g/mol. The molecule has 0 saturated carbocycles. The van der Waals surface area contributed by atoms with Crippen LogP contribution in [0.4, 0.5) is 70.2 Å². The third kappa shape index (κ3) is 4.32. The fraction of sp³-hybridized carbons (Fsp3) is 0.625. The van der Waals surface area contributed by atoms with Crippen LogP contribution in [0.1, 0.15) is 18.9 Å². The first-order chi connectivity index (χ1) is 14.2. The van der Waals surface area contributed by atoms with Gasteiger partial charge in [-0.15, -0.1) is 0 Å².